The van der Waals surface area contributed by atoms with Crippen LogP contribution in [0, 0.1) is 5.92 Å². The standard InChI is InChI=1S/C40H59NO9/c1-44-34-25-30-26-37(39(34)48-5)49-24-14-17-32(50-40(43)31-27-35(45-2)38(47-4)36(28-31)46-3)20-23-41-21-13-9-11-16-29(19-22-41)15-10-7-6-8-12-18-33(30)42/h25-29,32H,6-24H2,1-5H3/t29?,32-/m1/s1. The van der Waals surface area contributed by atoms with Gasteiger partial charge in [-0.25, -0.2) is 4.79 Å². The molecular formula is C40H59NO9. The molecule has 50 heavy (non-hydrogen) atoms. The zero-order valence-electron chi connectivity index (χ0n) is 31.0. The first-order valence-corrected chi connectivity index (χ1v) is 18.6. The van der Waals surface area contributed by atoms with Crippen molar-refractivity contribution in [2.75, 3.05) is 61.8 Å². The Labute approximate surface area is 299 Å². The van der Waals surface area contributed by atoms with E-state index in [9.17, 15) is 9.59 Å². The second-order valence-corrected chi connectivity index (χ2v) is 13.5. The monoisotopic (exact) mass is 697 g/mol. The summed E-state index contributed by atoms with van der Waals surface area (Å²) in [6.07, 6.45) is 15.2. The highest BCUT2D eigenvalue weighted by molar-refractivity contribution is 5.97. The minimum Gasteiger partial charge on any atom is -0.493 e. The molecule has 3 atom stereocenters. The fraction of sp³-hybridized carbons (Fsp3) is 0.650. The Morgan fingerprint density at radius 1 is 0.640 bits per heavy atom. The van der Waals surface area contributed by atoms with Crippen LogP contribution in [0.4, 0.5) is 0 Å². The highest BCUT2D eigenvalue weighted by Crippen LogP contribution is 2.40. The van der Waals surface area contributed by atoms with Crippen molar-refractivity contribution in [1.29, 1.82) is 0 Å². The first kappa shape index (κ1) is 39.1. The second-order valence-electron chi connectivity index (χ2n) is 13.5. The average molecular weight is 698 g/mol. The summed E-state index contributed by atoms with van der Waals surface area (Å²) in [5.41, 5.74) is 0.892. The molecule has 2 aliphatic heterocycles. The Morgan fingerprint density at radius 3 is 1.94 bits per heavy atom. The summed E-state index contributed by atoms with van der Waals surface area (Å²) in [5.74, 6) is 2.97. The third kappa shape index (κ3) is 11.4. The van der Waals surface area contributed by atoms with E-state index in [0.717, 1.165) is 44.8 Å². The molecule has 4 rings (SSSR count). The number of esters is 1. The third-order valence-corrected chi connectivity index (χ3v) is 10.1. The van der Waals surface area contributed by atoms with Gasteiger partial charge < -0.3 is 38.1 Å². The largest absolute Gasteiger partial charge is 0.493 e. The predicted octanol–water partition coefficient (Wildman–Crippen LogP) is 8.31. The number of rotatable bonds is 7. The van der Waals surface area contributed by atoms with Crippen LogP contribution in [0.3, 0.4) is 0 Å². The van der Waals surface area contributed by atoms with Crippen LogP contribution in [-0.2, 0) is 4.74 Å². The van der Waals surface area contributed by atoms with Crippen molar-refractivity contribution < 1.29 is 42.7 Å². The molecule has 2 aliphatic rings. The van der Waals surface area contributed by atoms with Gasteiger partial charge in [0.25, 0.3) is 0 Å². The van der Waals surface area contributed by atoms with Crippen LogP contribution in [0.15, 0.2) is 24.3 Å². The molecule has 0 saturated carbocycles. The molecule has 2 aromatic carbocycles. The van der Waals surface area contributed by atoms with Crippen LogP contribution in [0.1, 0.15) is 117 Å². The Balaban J connectivity index is 1.55. The van der Waals surface area contributed by atoms with Gasteiger partial charge in [0.1, 0.15) is 6.10 Å². The lowest BCUT2D eigenvalue weighted by atomic mass is 9.92. The number of fused-ring (bicyclic) bond motifs is 5. The molecule has 278 valence electrons. The van der Waals surface area contributed by atoms with E-state index in [2.05, 4.69) is 4.90 Å². The van der Waals surface area contributed by atoms with Crippen molar-refractivity contribution in [2.45, 2.75) is 102 Å². The van der Waals surface area contributed by atoms with E-state index in [1.54, 1.807) is 38.5 Å². The van der Waals surface area contributed by atoms with Gasteiger partial charge in [-0.3, -0.25) is 4.79 Å². The normalized spacial score (nSPS) is 21.9. The van der Waals surface area contributed by atoms with E-state index in [0.29, 0.717) is 77.9 Å². The smallest absolute Gasteiger partial charge is 0.338 e. The molecule has 10 nitrogen and oxygen atoms in total. The van der Waals surface area contributed by atoms with Crippen LogP contribution in [0.5, 0.6) is 34.5 Å². The molecule has 1 fully saturated rings. The third-order valence-electron chi connectivity index (χ3n) is 10.1. The Bertz CT molecular complexity index is 1340. The van der Waals surface area contributed by atoms with E-state index in [4.69, 9.17) is 33.2 Å². The first-order chi connectivity index (χ1) is 24.4. The van der Waals surface area contributed by atoms with Crippen molar-refractivity contribution in [3.8, 4) is 34.5 Å². The second kappa shape index (κ2) is 20.9. The van der Waals surface area contributed by atoms with Gasteiger partial charge in [-0.15, -0.1) is 0 Å². The van der Waals surface area contributed by atoms with Crippen LogP contribution in [0.25, 0.3) is 0 Å². The molecule has 1 saturated heterocycles. The fourth-order valence-corrected chi connectivity index (χ4v) is 7.17. The summed E-state index contributed by atoms with van der Waals surface area (Å²) in [6.45, 7) is 3.35. The van der Waals surface area contributed by atoms with Crippen molar-refractivity contribution in [3.05, 3.63) is 35.4 Å². The lowest BCUT2D eigenvalue weighted by Crippen LogP contribution is -2.31. The molecule has 2 aromatic rings. The number of ether oxygens (including phenoxy) is 7. The number of nitrogens with zero attached hydrogens (tertiary/aromatic N) is 1. The maximum absolute atomic E-state index is 13.6. The maximum atomic E-state index is 13.6. The van der Waals surface area contributed by atoms with Crippen LogP contribution < -0.4 is 28.4 Å². The van der Waals surface area contributed by atoms with Crippen LogP contribution in [0.2, 0.25) is 0 Å². The van der Waals surface area contributed by atoms with Gasteiger partial charge in [-0.05, 0) is 81.8 Å². The van der Waals surface area contributed by atoms with E-state index in [1.807, 2.05) is 0 Å². The number of benzene rings is 2. The lowest BCUT2D eigenvalue weighted by Gasteiger charge is -2.26. The molecule has 4 bridgehead atoms. The van der Waals surface area contributed by atoms with Crippen molar-refractivity contribution in [2.24, 2.45) is 5.92 Å². The topological polar surface area (TPSA) is 102 Å². The Hall–Kier alpha value is -3.66. The van der Waals surface area contributed by atoms with Crippen molar-refractivity contribution in [3.63, 3.8) is 0 Å². The van der Waals surface area contributed by atoms with Gasteiger partial charge in [-0.1, -0.05) is 51.4 Å². The van der Waals surface area contributed by atoms with Gasteiger partial charge >= 0.3 is 5.97 Å². The zero-order chi connectivity index (χ0) is 35.7. The number of hydrogen-bond acceptors (Lipinski definition) is 10. The Morgan fingerprint density at radius 2 is 1.26 bits per heavy atom. The Kier molecular flexibility index (Phi) is 16.3. The summed E-state index contributed by atoms with van der Waals surface area (Å²) >= 11 is 0. The lowest BCUT2D eigenvalue weighted by molar-refractivity contribution is 0.0219. The minimum absolute atomic E-state index is 0.0758. The number of Topliss-reactive ketones (excluding diaryl/α,β-unsaturated/α-hetero) is 1. The SMILES string of the molecule is COc1cc(C(=O)O[C@@H]2CCCOc3cc(cc(OC)c3OC)C(=O)CCCCCCCC3CCCCCN(CC3)CC2)cc(OC)c1OC. The molecule has 2 unspecified atom stereocenters. The summed E-state index contributed by atoms with van der Waals surface area (Å²) in [4.78, 5) is 29.4. The van der Waals surface area contributed by atoms with E-state index < -0.39 is 5.97 Å². The van der Waals surface area contributed by atoms with Crippen LogP contribution >= 0.6 is 0 Å². The highest BCUT2D eigenvalue weighted by Gasteiger charge is 2.23. The number of carbonyl (C=O) groups excluding carboxylic acids is 2. The van der Waals surface area contributed by atoms with Gasteiger partial charge in [0, 0.05) is 18.5 Å². The molecule has 0 spiro atoms. The quantitative estimate of drug-likeness (QED) is 0.263. The van der Waals surface area contributed by atoms with Gasteiger partial charge in [0.05, 0.1) is 47.7 Å². The first-order valence-electron chi connectivity index (χ1n) is 18.6. The number of carbonyl (C=O) groups is 2. The number of hydrogen-bond donors (Lipinski definition) is 0. The summed E-state index contributed by atoms with van der Waals surface area (Å²) in [5, 5.41) is 0. The summed E-state index contributed by atoms with van der Waals surface area (Å²) < 4.78 is 40.1. The molecular weight excluding hydrogens is 638 g/mol. The van der Waals surface area contributed by atoms with Crippen LogP contribution in [-0.4, -0.2) is 84.5 Å². The predicted molar refractivity (Wildman–Crippen MR) is 194 cm³/mol. The minimum atomic E-state index is -0.446. The molecule has 2 heterocycles. The molecule has 0 radical (unpaired) electrons. The van der Waals surface area contributed by atoms with Gasteiger partial charge in [0.15, 0.2) is 28.8 Å². The number of ketones is 1. The molecule has 10 heteroatoms. The van der Waals surface area contributed by atoms with Gasteiger partial charge in [0.2, 0.25) is 11.5 Å². The summed E-state index contributed by atoms with van der Waals surface area (Å²) in [6, 6.07) is 6.75. The van der Waals surface area contributed by atoms with Crippen molar-refractivity contribution in [1.82, 2.24) is 4.90 Å². The fourth-order valence-electron chi connectivity index (χ4n) is 7.17. The summed E-state index contributed by atoms with van der Waals surface area (Å²) in [7, 11) is 7.71. The van der Waals surface area contributed by atoms with E-state index in [1.165, 1.54) is 72.7 Å². The maximum Gasteiger partial charge on any atom is 0.338 e. The zero-order valence-corrected chi connectivity index (χ0v) is 31.0. The van der Waals surface area contributed by atoms with Crippen molar-refractivity contribution >= 4 is 11.8 Å². The van der Waals surface area contributed by atoms with E-state index in [-0.39, 0.29) is 11.9 Å². The average Bonchev–Trinajstić information content (AvgIpc) is 3.25. The van der Waals surface area contributed by atoms with E-state index >= 15 is 0 Å². The van der Waals surface area contributed by atoms with Gasteiger partial charge in [-0.2, -0.15) is 0 Å². The molecule has 0 amide bonds. The molecule has 0 N–H and O–H groups in total. The highest BCUT2D eigenvalue weighted by atomic mass is 16.6. The molecule has 0 aliphatic carbocycles. The molecule has 0 aromatic heterocycles. The number of methoxy groups -OCH3 is 5.